The van der Waals surface area contributed by atoms with Crippen LogP contribution in [0.15, 0.2) is 39.5 Å². The van der Waals surface area contributed by atoms with E-state index in [1.165, 1.54) is 0 Å². The van der Waals surface area contributed by atoms with Crippen LogP contribution in [-0.4, -0.2) is 24.0 Å². The summed E-state index contributed by atoms with van der Waals surface area (Å²) in [6.45, 7) is 3.80. The Morgan fingerprint density at radius 2 is 2.05 bits per heavy atom. The zero-order chi connectivity index (χ0) is 14.3. The number of benzene rings is 1. The van der Waals surface area contributed by atoms with Crippen molar-refractivity contribution < 1.29 is 4.42 Å². The number of hydrogen-bond acceptors (Lipinski definition) is 4. The first-order valence-corrected chi connectivity index (χ1v) is 6.26. The van der Waals surface area contributed by atoms with E-state index in [-0.39, 0.29) is 0 Å². The number of fused-ring (bicyclic) bond motifs is 2. The van der Waals surface area contributed by atoms with Crippen molar-refractivity contribution in [1.29, 1.82) is 0 Å². The predicted octanol–water partition coefficient (Wildman–Crippen LogP) is 1.05. The van der Waals surface area contributed by atoms with Gasteiger partial charge < -0.3 is 9.32 Å². The Balaban J connectivity index is 2.61. The van der Waals surface area contributed by atoms with Gasteiger partial charge in [0.2, 0.25) is 0 Å². The van der Waals surface area contributed by atoms with Crippen molar-refractivity contribution in [1.82, 2.24) is 9.88 Å². The van der Waals surface area contributed by atoms with Crippen molar-refractivity contribution in [2.45, 2.75) is 0 Å². The fourth-order valence-corrected chi connectivity index (χ4v) is 2.22. The average molecular weight is 266 g/mol. The minimum atomic E-state index is -0.418. The summed E-state index contributed by atoms with van der Waals surface area (Å²) in [5.41, 5.74) is 1.40. The average Bonchev–Trinajstić information content (AvgIpc) is 2.41. The minimum Gasteiger partial charge on any atom is -0.423 e. The fraction of sp³-hybridized carbons (Fsp3) is 0.125. The molecule has 0 bridgehead atoms. The Bertz CT molecular complexity index is 971. The molecule has 0 fully saturated rings. The highest BCUT2D eigenvalue weighted by molar-refractivity contribution is 5.92. The second-order valence-electron chi connectivity index (χ2n) is 4.90. The van der Waals surface area contributed by atoms with E-state index in [0.29, 0.717) is 16.2 Å². The first kappa shape index (κ1) is 12.4. The lowest BCUT2D eigenvalue weighted by atomic mass is 10.1. The smallest absolute Gasteiger partial charge is 0.347 e. The van der Waals surface area contributed by atoms with Crippen LogP contribution in [0.2, 0.25) is 0 Å². The van der Waals surface area contributed by atoms with Crippen LogP contribution in [-0.2, 0) is 0 Å². The van der Waals surface area contributed by atoms with Crippen LogP contribution in [0, 0.1) is 0 Å². The predicted molar refractivity (Wildman–Crippen MR) is 80.7 cm³/mol. The third kappa shape index (κ3) is 1.95. The molecule has 0 amide bonds. The van der Waals surface area contributed by atoms with Crippen LogP contribution >= 0.6 is 0 Å². The first-order chi connectivity index (χ1) is 9.56. The molecule has 1 aromatic carbocycles. The van der Waals surface area contributed by atoms with E-state index >= 15 is 0 Å². The molecule has 0 aliphatic heterocycles. The van der Waals surface area contributed by atoms with Gasteiger partial charge >= 0.3 is 5.63 Å². The quantitative estimate of drug-likeness (QED) is 0.618. The zero-order valence-electron chi connectivity index (χ0n) is 11.4. The highest BCUT2D eigenvalue weighted by Crippen LogP contribution is 2.14. The van der Waals surface area contributed by atoms with E-state index < -0.39 is 5.63 Å². The third-order valence-electron chi connectivity index (χ3n) is 3.10. The maximum Gasteiger partial charge on any atom is 0.347 e. The monoisotopic (exact) mass is 266 g/mol. The summed E-state index contributed by atoms with van der Waals surface area (Å²) in [7, 11) is 3.70. The Hall–Kier alpha value is -2.62. The zero-order valence-corrected chi connectivity index (χ0v) is 11.4. The largest absolute Gasteiger partial charge is 0.423 e. The van der Waals surface area contributed by atoms with E-state index in [4.69, 9.17) is 4.42 Å². The van der Waals surface area contributed by atoms with Crippen molar-refractivity contribution in [3.8, 4) is 0 Å². The lowest BCUT2D eigenvalue weighted by molar-refractivity contribution is 0.481. The summed E-state index contributed by atoms with van der Waals surface area (Å²) >= 11 is 0. The molecule has 0 radical (unpaired) electrons. The molecule has 3 aromatic rings. The minimum absolute atomic E-state index is 0.346. The summed E-state index contributed by atoms with van der Waals surface area (Å²) in [4.78, 5) is 18.4. The molecule has 0 N–H and O–H groups in total. The Morgan fingerprint density at radius 3 is 2.80 bits per heavy atom. The van der Waals surface area contributed by atoms with E-state index in [9.17, 15) is 4.79 Å². The molecule has 0 aliphatic rings. The molecular weight excluding hydrogens is 252 g/mol. The lowest BCUT2D eigenvalue weighted by Crippen LogP contribution is -2.31. The normalized spacial score (nSPS) is 12.2. The van der Waals surface area contributed by atoms with Gasteiger partial charge in [0.1, 0.15) is 10.6 Å². The SMILES string of the molecule is C=c1oc(=O)c(=CN(C)C)c2nc3ccccc3cc12. The van der Waals surface area contributed by atoms with Crippen LogP contribution < -0.4 is 16.3 Å². The summed E-state index contributed by atoms with van der Waals surface area (Å²) < 4.78 is 5.21. The van der Waals surface area contributed by atoms with Gasteiger partial charge in [0.25, 0.3) is 0 Å². The number of rotatable bonds is 1. The standard InChI is InChI=1S/C16H14N2O2/c1-10-12-8-11-6-4-5-7-14(11)17-15(12)13(9-18(2)3)16(19)20-10/h4-9H,1H2,2-3H3. The van der Waals surface area contributed by atoms with Gasteiger partial charge in [0.05, 0.1) is 11.0 Å². The third-order valence-corrected chi connectivity index (χ3v) is 3.10. The van der Waals surface area contributed by atoms with Gasteiger partial charge in [-0.1, -0.05) is 24.8 Å². The topological polar surface area (TPSA) is 46.3 Å². The van der Waals surface area contributed by atoms with Crippen LogP contribution in [0.25, 0.3) is 34.6 Å². The molecule has 2 aromatic heterocycles. The molecule has 0 saturated carbocycles. The first-order valence-electron chi connectivity index (χ1n) is 6.26. The number of nitrogens with zero attached hydrogens (tertiary/aromatic N) is 2. The van der Waals surface area contributed by atoms with Crippen molar-refractivity contribution in [2.75, 3.05) is 14.1 Å². The maximum atomic E-state index is 12.0. The molecular formula is C16H14N2O2. The summed E-state index contributed by atoms with van der Waals surface area (Å²) in [5.74, 6) is 0. The number of aromatic nitrogens is 1. The van der Waals surface area contributed by atoms with Crippen molar-refractivity contribution in [2.24, 2.45) is 0 Å². The van der Waals surface area contributed by atoms with Gasteiger partial charge in [0.15, 0.2) is 0 Å². The molecule has 4 nitrogen and oxygen atoms in total. The van der Waals surface area contributed by atoms with E-state index in [1.807, 2.05) is 44.4 Å². The molecule has 20 heavy (non-hydrogen) atoms. The molecule has 4 heteroatoms. The van der Waals surface area contributed by atoms with Crippen LogP contribution in [0.3, 0.4) is 0 Å². The van der Waals surface area contributed by atoms with Crippen LogP contribution in [0.1, 0.15) is 0 Å². The Labute approximate surface area is 115 Å². The van der Waals surface area contributed by atoms with E-state index in [1.54, 1.807) is 11.1 Å². The molecule has 0 aliphatic carbocycles. The number of pyridine rings is 1. The molecule has 100 valence electrons. The number of hydrogen-bond donors (Lipinski definition) is 0. The van der Waals surface area contributed by atoms with Crippen LogP contribution in [0.4, 0.5) is 0 Å². The van der Waals surface area contributed by atoms with Crippen LogP contribution in [0.5, 0.6) is 0 Å². The second-order valence-corrected chi connectivity index (χ2v) is 4.90. The molecule has 2 heterocycles. The molecule has 0 spiro atoms. The fourth-order valence-electron chi connectivity index (χ4n) is 2.22. The van der Waals surface area contributed by atoms with Gasteiger partial charge in [-0.05, 0) is 12.1 Å². The highest BCUT2D eigenvalue weighted by atomic mass is 16.4. The van der Waals surface area contributed by atoms with Crippen molar-refractivity contribution in [3.63, 3.8) is 0 Å². The van der Waals surface area contributed by atoms with Gasteiger partial charge in [-0.15, -0.1) is 0 Å². The Kier molecular flexibility index (Phi) is 2.79. The van der Waals surface area contributed by atoms with Crippen molar-refractivity contribution >= 4 is 34.6 Å². The van der Waals surface area contributed by atoms with Gasteiger partial charge in [-0.25, -0.2) is 9.78 Å². The van der Waals surface area contributed by atoms with Gasteiger partial charge in [0, 0.05) is 31.1 Å². The summed E-state index contributed by atoms with van der Waals surface area (Å²) in [6, 6.07) is 9.72. The van der Waals surface area contributed by atoms with Crippen molar-refractivity contribution in [3.05, 3.63) is 51.4 Å². The molecule has 0 atom stereocenters. The van der Waals surface area contributed by atoms with E-state index in [2.05, 4.69) is 11.6 Å². The Morgan fingerprint density at radius 1 is 1.30 bits per heavy atom. The molecule has 0 saturated heterocycles. The summed E-state index contributed by atoms with van der Waals surface area (Å²) in [5, 5.41) is 2.20. The number of para-hydroxylation sites is 1. The second kappa shape index (κ2) is 4.49. The van der Waals surface area contributed by atoms with E-state index in [0.717, 1.165) is 16.3 Å². The molecule has 0 unspecified atom stereocenters. The maximum absolute atomic E-state index is 12.0. The van der Waals surface area contributed by atoms with Gasteiger partial charge in [-0.2, -0.15) is 0 Å². The highest BCUT2D eigenvalue weighted by Gasteiger charge is 2.07. The lowest BCUT2D eigenvalue weighted by Gasteiger charge is -2.05. The summed E-state index contributed by atoms with van der Waals surface area (Å²) in [6.07, 6.45) is 1.72. The molecule has 3 rings (SSSR count). The van der Waals surface area contributed by atoms with Gasteiger partial charge in [-0.3, -0.25) is 0 Å².